The van der Waals surface area contributed by atoms with E-state index in [2.05, 4.69) is 37.1 Å². The topological polar surface area (TPSA) is 144 Å². The minimum absolute atomic E-state index is 0.0151. The van der Waals surface area contributed by atoms with E-state index in [-0.39, 0.29) is 57.1 Å². The molecule has 3 aliphatic carbocycles. The van der Waals surface area contributed by atoms with Crippen LogP contribution in [0, 0.1) is 23.6 Å². The highest BCUT2D eigenvalue weighted by Gasteiger charge is 2.67. The molecule has 58 heavy (non-hydrogen) atoms. The van der Waals surface area contributed by atoms with Crippen LogP contribution in [0.1, 0.15) is 71.6 Å². The summed E-state index contributed by atoms with van der Waals surface area (Å²) in [4.78, 5) is 18.6. The maximum atomic E-state index is 15.4. The van der Waals surface area contributed by atoms with E-state index in [1.165, 1.54) is 48.1 Å². The van der Waals surface area contributed by atoms with Gasteiger partial charge in [0, 0.05) is 29.7 Å². The third-order valence-corrected chi connectivity index (χ3v) is 11.3. The second-order valence-corrected chi connectivity index (χ2v) is 17.1. The lowest BCUT2D eigenvalue weighted by Crippen LogP contribution is -2.50. The molecule has 3 aromatic heterocycles. The molecule has 0 saturated heterocycles. The molecule has 20 heteroatoms. The average Bonchev–Trinajstić information content (AvgIpc) is 3.65. The molecule has 304 valence electrons. The highest BCUT2D eigenvalue weighted by molar-refractivity contribution is 7.92. The van der Waals surface area contributed by atoms with E-state index in [0.717, 1.165) is 6.26 Å². The van der Waals surface area contributed by atoms with Gasteiger partial charge >= 0.3 is 0 Å². The summed E-state index contributed by atoms with van der Waals surface area (Å²) in [5.41, 5.74) is -2.69. The Labute approximate surface area is 330 Å². The molecule has 5 aromatic rings. The number of hydrogen-bond acceptors (Lipinski definition) is 7. The minimum Gasteiger partial charge on any atom is -0.377 e. The van der Waals surface area contributed by atoms with E-state index in [4.69, 9.17) is 11.6 Å². The van der Waals surface area contributed by atoms with Gasteiger partial charge in [0.1, 0.15) is 35.0 Å². The lowest BCUT2D eigenvalue weighted by atomic mass is 9.77. The number of nitrogens with zero attached hydrogens (tertiary/aromatic N) is 5. The zero-order chi connectivity index (χ0) is 41.7. The molecule has 2 fully saturated rings. The standard InChI is InChI=1S/C38H31ClF7N7O4S/c1-52-32-22(8-9-25(39)29(32)35(50-52)51-58(2,56)57)21-7-6-20(10-11-36(55)16-37(43,44)17-36)47-30(21)26(13-18-4-3-5-19(40)12-18)48-27(54)15-53-33-28(31(49-53)34(41)42)23-14-24(23)38(33,45)46/h3-9,12,23-24,26,34,55H,13-17H2,1-2H3,(H,48,54)(H,50,51)/t23-,24+,26?/m0/s1. The van der Waals surface area contributed by atoms with Crippen molar-refractivity contribution in [3.05, 3.63) is 93.3 Å². The number of hydrogen-bond donors (Lipinski definition) is 3. The Bertz CT molecular complexity index is 2700. The van der Waals surface area contributed by atoms with Crippen molar-refractivity contribution < 1.29 is 49.1 Å². The molecule has 0 radical (unpaired) electrons. The van der Waals surface area contributed by atoms with Crippen LogP contribution in [0.4, 0.5) is 36.6 Å². The van der Waals surface area contributed by atoms with Crippen LogP contribution >= 0.6 is 11.6 Å². The molecule has 1 amide bonds. The van der Waals surface area contributed by atoms with E-state index in [0.29, 0.717) is 15.8 Å². The van der Waals surface area contributed by atoms with Crippen LogP contribution in [0.5, 0.6) is 0 Å². The normalized spacial score (nSPS) is 20.1. The molecule has 8 rings (SSSR count). The number of aromatic nitrogens is 5. The molecule has 2 saturated carbocycles. The summed E-state index contributed by atoms with van der Waals surface area (Å²) in [6.07, 6.45) is -4.25. The molecule has 11 nitrogen and oxygen atoms in total. The number of halogens is 8. The van der Waals surface area contributed by atoms with Crippen molar-refractivity contribution in [2.75, 3.05) is 11.0 Å². The number of aryl methyl sites for hydroxylation is 1. The highest BCUT2D eigenvalue weighted by Crippen LogP contribution is 2.68. The Balaban J connectivity index is 1.26. The SMILES string of the molecule is Cn1nc(NS(C)(=O)=O)c2c(Cl)ccc(-c3ccc(C#CC4(O)CC(F)(F)C4)nc3C(Cc3cccc(F)c3)NC(=O)Cn3nc(C(F)F)c4c3C(F)(F)[C@@H]3C[C@H]43)c21. The van der Waals surface area contributed by atoms with Gasteiger partial charge < -0.3 is 10.4 Å². The predicted octanol–water partition coefficient (Wildman–Crippen LogP) is 6.75. The Hall–Kier alpha value is -5.19. The number of alkyl halides is 6. The van der Waals surface area contributed by atoms with Gasteiger partial charge in [-0.05, 0) is 60.6 Å². The average molecular weight is 850 g/mol. The Morgan fingerprint density at radius 3 is 2.47 bits per heavy atom. The van der Waals surface area contributed by atoms with Crippen LogP contribution in [0.2, 0.25) is 5.02 Å². The smallest absolute Gasteiger partial charge is 0.293 e. The minimum atomic E-state index is -3.85. The number of carbonyl (C=O) groups excluding carboxylic acids is 1. The number of anilines is 1. The number of fused-ring (bicyclic) bond motifs is 4. The van der Waals surface area contributed by atoms with Crippen molar-refractivity contribution >= 4 is 44.3 Å². The number of nitrogens with one attached hydrogen (secondary N) is 2. The number of sulfonamides is 1. The quantitative estimate of drug-likeness (QED) is 0.104. The van der Waals surface area contributed by atoms with Gasteiger partial charge in [0.15, 0.2) is 5.82 Å². The second kappa shape index (κ2) is 13.7. The van der Waals surface area contributed by atoms with Crippen molar-refractivity contribution in [1.82, 2.24) is 29.9 Å². The molecule has 3 heterocycles. The first-order chi connectivity index (χ1) is 27.1. The summed E-state index contributed by atoms with van der Waals surface area (Å²) >= 11 is 6.58. The van der Waals surface area contributed by atoms with Gasteiger partial charge in [-0.1, -0.05) is 35.7 Å². The van der Waals surface area contributed by atoms with E-state index < -0.39 is 94.3 Å². The highest BCUT2D eigenvalue weighted by atomic mass is 35.5. The zero-order valence-electron chi connectivity index (χ0n) is 30.3. The van der Waals surface area contributed by atoms with Crippen molar-refractivity contribution in [3.63, 3.8) is 0 Å². The van der Waals surface area contributed by atoms with Crippen LogP contribution in [-0.2, 0) is 40.8 Å². The lowest BCUT2D eigenvalue weighted by Gasteiger charge is -2.39. The number of pyridine rings is 1. The van der Waals surface area contributed by atoms with Crippen molar-refractivity contribution in [1.29, 1.82) is 0 Å². The van der Waals surface area contributed by atoms with Crippen molar-refractivity contribution in [2.24, 2.45) is 13.0 Å². The molecule has 1 unspecified atom stereocenters. The monoisotopic (exact) mass is 849 g/mol. The Kier molecular flexibility index (Phi) is 9.36. The second-order valence-electron chi connectivity index (χ2n) is 14.9. The third kappa shape index (κ3) is 7.26. The predicted molar refractivity (Wildman–Crippen MR) is 196 cm³/mol. The Morgan fingerprint density at radius 1 is 1.07 bits per heavy atom. The van der Waals surface area contributed by atoms with Crippen LogP contribution in [0.3, 0.4) is 0 Å². The number of aliphatic hydroxyl groups is 1. The molecule has 3 atom stereocenters. The molecule has 2 aromatic carbocycles. The van der Waals surface area contributed by atoms with E-state index in [9.17, 15) is 40.3 Å². The largest absolute Gasteiger partial charge is 0.377 e. The fraction of sp³-hybridized carbons (Fsp3) is 0.368. The fourth-order valence-electron chi connectivity index (χ4n) is 8.02. The molecule has 3 aliphatic rings. The summed E-state index contributed by atoms with van der Waals surface area (Å²) in [5.74, 6) is -5.26. The Morgan fingerprint density at radius 2 is 1.79 bits per heavy atom. The number of amides is 1. The summed E-state index contributed by atoms with van der Waals surface area (Å²) in [6, 6.07) is 10.0. The van der Waals surface area contributed by atoms with Crippen molar-refractivity contribution in [2.45, 2.75) is 68.1 Å². The van der Waals surface area contributed by atoms with Gasteiger partial charge in [-0.15, -0.1) is 0 Å². The zero-order valence-corrected chi connectivity index (χ0v) is 31.9. The molecule has 0 spiro atoms. The van der Waals surface area contributed by atoms with Crippen LogP contribution in [0.15, 0.2) is 48.5 Å². The van der Waals surface area contributed by atoms with Gasteiger partial charge in [-0.25, -0.2) is 35.4 Å². The van der Waals surface area contributed by atoms with E-state index >= 15 is 8.78 Å². The first-order valence-electron chi connectivity index (χ1n) is 17.7. The molecular formula is C38H31ClF7N7O4S. The fourth-order valence-corrected chi connectivity index (χ4v) is 8.76. The third-order valence-electron chi connectivity index (χ3n) is 10.4. The van der Waals surface area contributed by atoms with Gasteiger partial charge in [0.05, 0.1) is 46.8 Å². The summed E-state index contributed by atoms with van der Waals surface area (Å²) in [6.45, 7) is -0.909. The number of rotatable bonds is 10. The van der Waals surface area contributed by atoms with Crippen LogP contribution in [-0.4, -0.2) is 61.8 Å². The first kappa shape index (κ1) is 39.6. The van der Waals surface area contributed by atoms with Gasteiger partial charge in [0.2, 0.25) is 15.9 Å². The summed E-state index contributed by atoms with van der Waals surface area (Å²) < 4.78 is 130. The maximum Gasteiger partial charge on any atom is 0.293 e. The van der Waals surface area contributed by atoms with Gasteiger partial charge in [0.25, 0.3) is 18.3 Å². The summed E-state index contributed by atoms with van der Waals surface area (Å²) in [7, 11) is -2.33. The lowest BCUT2D eigenvalue weighted by molar-refractivity contribution is -0.176. The van der Waals surface area contributed by atoms with Crippen LogP contribution in [0.25, 0.3) is 22.0 Å². The van der Waals surface area contributed by atoms with E-state index in [1.807, 2.05) is 0 Å². The molecule has 0 aliphatic heterocycles. The molecular weight excluding hydrogens is 819 g/mol. The maximum absolute atomic E-state index is 15.4. The number of benzene rings is 2. The summed E-state index contributed by atoms with van der Waals surface area (Å²) in [5, 5.41) is 21.6. The number of carbonyl (C=O) groups is 1. The molecule has 0 bridgehead atoms. The first-order valence-corrected chi connectivity index (χ1v) is 20.0. The van der Waals surface area contributed by atoms with Crippen LogP contribution < -0.4 is 10.0 Å². The van der Waals surface area contributed by atoms with E-state index in [1.54, 1.807) is 12.1 Å². The van der Waals surface area contributed by atoms with Crippen molar-refractivity contribution in [3.8, 4) is 23.0 Å². The van der Waals surface area contributed by atoms with Gasteiger partial charge in [-0.3, -0.25) is 18.9 Å². The van der Waals surface area contributed by atoms with Gasteiger partial charge in [-0.2, -0.15) is 19.0 Å². The molecule has 3 N–H and O–H groups in total.